The first kappa shape index (κ1) is 12.5. The largest absolute Gasteiger partial charge is 0.392 e. The molecule has 0 amide bonds. The Bertz CT molecular complexity index is 481. The van der Waals surface area contributed by atoms with Gasteiger partial charge >= 0.3 is 0 Å². The van der Waals surface area contributed by atoms with Crippen molar-refractivity contribution < 1.29 is 13.5 Å². The first-order valence-corrected chi connectivity index (χ1v) is 7.25. The molecule has 0 aliphatic carbocycles. The molecule has 17 heavy (non-hydrogen) atoms. The van der Waals surface area contributed by atoms with Crippen molar-refractivity contribution in [2.75, 3.05) is 13.1 Å². The van der Waals surface area contributed by atoms with Crippen LogP contribution in [0.3, 0.4) is 0 Å². The number of rotatable bonds is 3. The number of aliphatic hydroxyl groups is 1. The summed E-state index contributed by atoms with van der Waals surface area (Å²) in [5.41, 5.74) is 1.12. The van der Waals surface area contributed by atoms with Gasteiger partial charge in [-0.3, -0.25) is 0 Å². The highest BCUT2D eigenvalue weighted by Crippen LogP contribution is 2.21. The summed E-state index contributed by atoms with van der Waals surface area (Å²) in [7, 11) is -3.42. The first-order chi connectivity index (χ1) is 8.04. The summed E-state index contributed by atoms with van der Waals surface area (Å²) in [6.07, 6.45) is 0.884. The number of hydrogen-bond acceptors (Lipinski definition) is 3. The maximum atomic E-state index is 12.2. The molecule has 1 saturated heterocycles. The van der Waals surface area contributed by atoms with Crippen LogP contribution in [-0.4, -0.2) is 37.0 Å². The Morgan fingerprint density at radius 3 is 2.47 bits per heavy atom. The summed E-state index contributed by atoms with van der Waals surface area (Å²) in [5.74, 6) is 0. The van der Waals surface area contributed by atoms with Crippen molar-refractivity contribution in [3.05, 3.63) is 29.8 Å². The van der Waals surface area contributed by atoms with Crippen LogP contribution in [0.1, 0.15) is 18.9 Å². The molecule has 0 spiro atoms. The molecule has 0 bridgehead atoms. The van der Waals surface area contributed by atoms with E-state index in [1.54, 1.807) is 12.1 Å². The summed E-state index contributed by atoms with van der Waals surface area (Å²) in [6, 6.07) is 6.94. The quantitative estimate of drug-likeness (QED) is 0.876. The van der Waals surface area contributed by atoms with Crippen molar-refractivity contribution in [3.8, 4) is 0 Å². The summed E-state index contributed by atoms with van der Waals surface area (Å²) in [4.78, 5) is 0.309. The highest BCUT2D eigenvalue weighted by Gasteiger charge is 2.31. The standard InChI is InChI=1S/C12H17NO3S/c1-2-10-3-5-12(6-4-10)17(15,16)13-8-7-11(14)9-13/h3-6,11,14H,2,7-9H2,1H3/t11-/m0/s1. The molecule has 0 radical (unpaired) electrons. The molecule has 0 saturated carbocycles. The van der Waals surface area contributed by atoms with Crippen molar-refractivity contribution in [3.63, 3.8) is 0 Å². The minimum atomic E-state index is -3.42. The summed E-state index contributed by atoms with van der Waals surface area (Å²) in [5, 5.41) is 9.39. The van der Waals surface area contributed by atoms with Crippen molar-refractivity contribution >= 4 is 10.0 Å². The van der Waals surface area contributed by atoms with Gasteiger partial charge in [0.1, 0.15) is 0 Å². The van der Waals surface area contributed by atoms with Crippen LogP contribution in [0.4, 0.5) is 0 Å². The monoisotopic (exact) mass is 255 g/mol. The van der Waals surface area contributed by atoms with Gasteiger partial charge in [0.05, 0.1) is 11.0 Å². The number of nitrogens with zero attached hydrogens (tertiary/aromatic N) is 1. The van der Waals surface area contributed by atoms with Gasteiger partial charge in [0, 0.05) is 13.1 Å². The highest BCUT2D eigenvalue weighted by atomic mass is 32.2. The van der Waals surface area contributed by atoms with Crippen LogP contribution in [0.15, 0.2) is 29.2 Å². The number of hydrogen-bond donors (Lipinski definition) is 1. The fourth-order valence-corrected chi connectivity index (χ4v) is 3.47. The summed E-state index contributed by atoms with van der Waals surface area (Å²) in [6.45, 7) is 2.64. The smallest absolute Gasteiger partial charge is 0.243 e. The second-order valence-electron chi connectivity index (χ2n) is 4.30. The van der Waals surface area contributed by atoms with Crippen LogP contribution < -0.4 is 0 Å². The van der Waals surface area contributed by atoms with Crippen LogP contribution in [-0.2, 0) is 16.4 Å². The fourth-order valence-electron chi connectivity index (χ4n) is 1.98. The maximum Gasteiger partial charge on any atom is 0.243 e. The van der Waals surface area contributed by atoms with Crippen LogP contribution in [0.5, 0.6) is 0 Å². The average Bonchev–Trinajstić information content (AvgIpc) is 2.77. The third-order valence-corrected chi connectivity index (χ3v) is 4.97. The molecule has 1 aliphatic heterocycles. The normalized spacial score (nSPS) is 21.9. The molecule has 1 aromatic carbocycles. The van der Waals surface area contributed by atoms with Crippen LogP contribution >= 0.6 is 0 Å². The second-order valence-corrected chi connectivity index (χ2v) is 6.24. The predicted molar refractivity (Wildman–Crippen MR) is 65.2 cm³/mol. The molecule has 1 fully saturated rings. The number of sulfonamides is 1. The molecular formula is C12H17NO3S. The Kier molecular flexibility index (Phi) is 3.51. The van der Waals surface area contributed by atoms with Gasteiger partial charge in [0.2, 0.25) is 10.0 Å². The lowest BCUT2D eigenvalue weighted by molar-refractivity contribution is 0.189. The van der Waals surface area contributed by atoms with Gasteiger partial charge in [-0.15, -0.1) is 0 Å². The Labute approximate surface area is 102 Å². The van der Waals surface area contributed by atoms with Gasteiger partial charge < -0.3 is 5.11 Å². The first-order valence-electron chi connectivity index (χ1n) is 5.81. The van der Waals surface area contributed by atoms with Crippen molar-refractivity contribution in [2.24, 2.45) is 0 Å². The molecule has 2 rings (SSSR count). The Balaban J connectivity index is 2.25. The van der Waals surface area contributed by atoms with Crippen LogP contribution in [0.25, 0.3) is 0 Å². The Hall–Kier alpha value is -0.910. The van der Waals surface area contributed by atoms with Gasteiger partial charge in [-0.2, -0.15) is 4.31 Å². The van der Waals surface area contributed by atoms with E-state index in [-0.39, 0.29) is 6.54 Å². The minimum absolute atomic E-state index is 0.206. The molecule has 1 atom stereocenters. The third-order valence-electron chi connectivity index (χ3n) is 3.10. The molecule has 94 valence electrons. The van der Waals surface area contributed by atoms with E-state index in [4.69, 9.17) is 0 Å². The molecule has 0 unspecified atom stereocenters. The zero-order valence-electron chi connectivity index (χ0n) is 9.83. The minimum Gasteiger partial charge on any atom is -0.392 e. The molecular weight excluding hydrogens is 238 g/mol. The van der Waals surface area contributed by atoms with Crippen LogP contribution in [0.2, 0.25) is 0 Å². The fraction of sp³-hybridized carbons (Fsp3) is 0.500. The zero-order valence-corrected chi connectivity index (χ0v) is 10.7. The van der Waals surface area contributed by atoms with Gasteiger partial charge in [0.15, 0.2) is 0 Å². The molecule has 1 N–H and O–H groups in total. The number of benzene rings is 1. The molecule has 1 heterocycles. The lowest BCUT2D eigenvalue weighted by atomic mass is 10.2. The highest BCUT2D eigenvalue weighted by molar-refractivity contribution is 7.89. The molecule has 0 aromatic heterocycles. The Morgan fingerprint density at radius 2 is 2.00 bits per heavy atom. The van der Waals surface area contributed by atoms with Crippen molar-refractivity contribution in [1.29, 1.82) is 0 Å². The van der Waals surface area contributed by atoms with Gasteiger partial charge in [0.25, 0.3) is 0 Å². The Morgan fingerprint density at radius 1 is 1.35 bits per heavy atom. The van der Waals surface area contributed by atoms with Gasteiger partial charge in [-0.05, 0) is 30.5 Å². The van der Waals surface area contributed by atoms with Crippen molar-refractivity contribution in [2.45, 2.75) is 30.8 Å². The van der Waals surface area contributed by atoms with E-state index in [2.05, 4.69) is 0 Å². The molecule has 4 nitrogen and oxygen atoms in total. The molecule has 5 heteroatoms. The van der Waals surface area contributed by atoms with E-state index in [1.807, 2.05) is 19.1 Å². The van der Waals surface area contributed by atoms with E-state index in [0.717, 1.165) is 12.0 Å². The topological polar surface area (TPSA) is 57.6 Å². The number of aliphatic hydroxyl groups excluding tert-OH is 1. The van der Waals surface area contributed by atoms with Gasteiger partial charge in [-0.25, -0.2) is 8.42 Å². The van der Waals surface area contributed by atoms with E-state index in [1.165, 1.54) is 4.31 Å². The van der Waals surface area contributed by atoms with Gasteiger partial charge in [-0.1, -0.05) is 19.1 Å². The maximum absolute atomic E-state index is 12.2. The molecule has 1 aliphatic rings. The summed E-state index contributed by atoms with van der Waals surface area (Å²) >= 11 is 0. The van der Waals surface area contributed by atoms with E-state index in [0.29, 0.717) is 17.9 Å². The zero-order chi connectivity index (χ0) is 12.5. The second kappa shape index (κ2) is 4.76. The third kappa shape index (κ3) is 2.51. The predicted octanol–water partition coefficient (Wildman–Crippen LogP) is 1.00. The van der Waals surface area contributed by atoms with Crippen molar-refractivity contribution in [1.82, 2.24) is 4.31 Å². The lowest BCUT2D eigenvalue weighted by Gasteiger charge is -2.15. The SMILES string of the molecule is CCc1ccc(S(=O)(=O)N2CC[C@H](O)C2)cc1. The number of aryl methyl sites for hydroxylation is 1. The summed E-state index contributed by atoms with van der Waals surface area (Å²) < 4.78 is 25.7. The average molecular weight is 255 g/mol. The van der Waals surface area contributed by atoms with Crippen LogP contribution in [0, 0.1) is 0 Å². The van der Waals surface area contributed by atoms with E-state index in [9.17, 15) is 13.5 Å². The lowest BCUT2D eigenvalue weighted by Crippen LogP contribution is -2.29. The number of β-amino-alcohol motifs (C(OH)–C–C–N with tert-alkyl or cyclic N) is 1. The van der Waals surface area contributed by atoms with E-state index >= 15 is 0 Å². The van der Waals surface area contributed by atoms with E-state index < -0.39 is 16.1 Å². The molecule has 1 aromatic rings.